The van der Waals surface area contributed by atoms with E-state index < -0.39 is 17.4 Å². The summed E-state index contributed by atoms with van der Waals surface area (Å²) in [7, 11) is 0. The third-order valence-electron chi connectivity index (χ3n) is 3.73. The minimum absolute atomic E-state index is 0.0592. The highest BCUT2D eigenvalue weighted by molar-refractivity contribution is 6.42. The highest BCUT2D eigenvalue weighted by atomic mass is 35.5. The zero-order chi connectivity index (χ0) is 20.8. The number of aromatic nitrogens is 1. The van der Waals surface area contributed by atoms with Crippen molar-refractivity contribution in [3.05, 3.63) is 72.2 Å². The zero-order valence-corrected chi connectivity index (χ0v) is 17.8. The molecule has 0 unspecified atom stereocenters. The monoisotopic (exact) mass is 503 g/mol. The number of pyridine rings is 1. The van der Waals surface area contributed by atoms with E-state index in [1.165, 1.54) is 30.5 Å². The van der Waals surface area contributed by atoms with Gasteiger partial charge in [-0.3, -0.25) is 4.98 Å². The molecule has 0 spiro atoms. The molecule has 146 valence electrons. The maximum Gasteiger partial charge on any atom is 0.418 e. The van der Waals surface area contributed by atoms with Gasteiger partial charge < -0.3 is 0 Å². The lowest BCUT2D eigenvalue weighted by molar-refractivity contribution is -0.137. The predicted molar refractivity (Wildman–Crippen MR) is 110 cm³/mol. The van der Waals surface area contributed by atoms with E-state index in [0.717, 1.165) is 6.07 Å². The van der Waals surface area contributed by atoms with Crippen LogP contribution in [0.5, 0.6) is 0 Å². The molecule has 10 heteroatoms. The summed E-state index contributed by atoms with van der Waals surface area (Å²) in [5.41, 5.74) is -1.35. The minimum atomic E-state index is -4.75. The molecule has 0 fully saturated rings. The molecule has 28 heavy (non-hydrogen) atoms. The molecule has 0 radical (unpaired) electrons. The van der Waals surface area contributed by atoms with Crippen LogP contribution in [-0.4, -0.2) is 4.98 Å². The van der Waals surface area contributed by atoms with E-state index in [0.29, 0.717) is 0 Å². The molecule has 0 saturated heterocycles. The summed E-state index contributed by atoms with van der Waals surface area (Å²) in [6, 6.07) is 6.20. The Morgan fingerprint density at radius 1 is 0.643 bits per heavy atom. The molecule has 1 nitrogen and oxygen atoms in total. The second-order valence-electron chi connectivity index (χ2n) is 5.61. The standard InChI is InChI=1S/C18H6Cl6F3N/c19-8-2-11(21)15(12(22)3-8)7-1-10(18(25,26)27)17(28-6-7)16-13(23)4-9(20)5-14(16)24/h1-6H. The molecule has 0 saturated carbocycles. The molecule has 0 aliphatic heterocycles. The maximum atomic E-state index is 13.8. The third kappa shape index (κ3) is 4.33. The lowest BCUT2D eigenvalue weighted by Gasteiger charge is -2.17. The van der Waals surface area contributed by atoms with Crippen molar-refractivity contribution in [2.75, 3.05) is 0 Å². The molecule has 1 heterocycles. The largest absolute Gasteiger partial charge is 0.418 e. The van der Waals surface area contributed by atoms with E-state index in [-0.39, 0.29) is 46.8 Å². The highest BCUT2D eigenvalue weighted by Gasteiger charge is 2.36. The molecule has 0 aliphatic rings. The van der Waals surface area contributed by atoms with Gasteiger partial charge in [-0.2, -0.15) is 13.2 Å². The molecule has 0 bridgehead atoms. The van der Waals surface area contributed by atoms with Gasteiger partial charge in [0.25, 0.3) is 0 Å². The number of alkyl halides is 3. The van der Waals surface area contributed by atoms with Gasteiger partial charge >= 0.3 is 6.18 Å². The van der Waals surface area contributed by atoms with E-state index in [1.54, 1.807) is 0 Å². The van der Waals surface area contributed by atoms with Gasteiger partial charge in [0, 0.05) is 32.9 Å². The number of rotatable bonds is 2. The van der Waals surface area contributed by atoms with Crippen molar-refractivity contribution in [1.29, 1.82) is 0 Å². The van der Waals surface area contributed by atoms with E-state index in [2.05, 4.69) is 4.98 Å². The Balaban J connectivity index is 2.30. The van der Waals surface area contributed by atoms with Crippen LogP contribution in [0.2, 0.25) is 30.1 Å². The summed E-state index contributed by atoms with van der Waals surface area (Å²) in [4.78, 5) is 3.97. The topological polar surface area (TPSA) is 12.9 Å². The van der Waals surface area contributed by atoms with Crippen LogP contribution in [0.3, 0.4) is 0 Å². The fourth-order valence-corrected chi connectivity index (χ4v) is 4.63. The first-order chi connectivity index (χ1) is 13.0. The van der Waals surface area contributed by atoms with Crippen molar-refractivity contribution in [1.82, 2.24) is 4.98 Å². The number of hydrogen-bond donors (Lipinski definition) is 0. The summed E-state index contributed by atoms with van der Waals surface area (Å²) >= 11 is 36.1. The van der Waals surface area contributed by atoms with E-state index in [9.17, 15) is 13.2 Å². The van der Waals surface area contributed by atoms with Gasteiger partial charge in [-0.05, 0) is 30.3 Å². The Kier molecular flexibility index (Phi) is 6.31. The van der Waals surface area contributed by atoms with Gasteiger partial charge in [-0.1, -0.05) is 69.6 Å². The highest BCUT2D eigenvalue weighted by Crippen LogP contribution is 2.45. The average molecular weight is 506 g/mol. The first-order valence-electron chi connectivity index (χ1n) is 7.36. The van der Waals surface area contributed by atoms with Gasteiger partial charge in [-0.15, -0.1) is 0 Å². The van der Waals surface area contributed by atoms with Crippen molar-refractivity contribution >= 4 is 69.6 Å². The summed E-state index contributed by atoms with van der Waals surface area (Å²) in [5.74, 6) is 0. The molecule has 1 aromatic heterocycles. The number of benzene rings is 2. The quantitative estimate of drug-likeness (QED) is 0.338. The predicted octanol–water partition coefficient (Wildman–Crippen LogP) is 9.35. The van der Waals surface area contributed by atoms with Gasteiger partial charge in [0.15, 0.2) is 0 Å². The average Bonchev–Trinajstić information content (AvgIpc) is 2.53. The maximum absolute atomic E-state index is 13.8. The Bertz CT molecular complexity index is 1040. The molecule has 2 aromatic carbocycles. The first-order valence-corrected chi connectivity index (χ1v) is 9.63. The SMILES string of the molecule is FC(F)(F)c1cc(-c2c(Cl)cc(Cl)cc2Cl)cnc1-c1c(Cl)cc(Cl)cc1Cl. The lowest BCUT2D eigenvalue weighted by atomic mass is 10.00. The van der Waals surface area contributed by atoms with Crippen LogP contribution >= 0.6 is 69.6 Å². The second-order valence-corrected chi connectivity index (χ2v) is 8.11. The molecular weight excluding hydrogens is 500 g/mol. The van der Waals surface area contributed by atoms with Crippen LogP contribution < -0.4 is 0 Å². The molecular formula is C18H6Cl6F3N. The Morgan fingerprint density at radius 3 is 1.50 bits per heavy atom. The Hall–Kier alpha value is -0.880. The Morgan fingerprint density at radius 2 is 1.07 bits per heavy atom. The third-order valence-corrected chi connectivity index (χ3v) is 5.36. The van der Waals surface area contributed by atoms with Crippen molar-refractivity contribution in [3.63, 3.8) is 0 Å². The van der Waals surface area contributed by atoms with E-state index in [1.807, 2.05) is 0 Å². The van der Waals surface area contributed by atoms with Gasteiger partial charge in [0.1, 0.15) is 0 Å². The van der Waals surface area contributed by atoms with Gasteiger partial charge in [0.05, 0.1) is 31.3 Å². The van der Waals surface area contributed by atoms with Crippen LogP contribution in [0.1, 0.15) is 5.56 Å². The molecule has 0 aliphatic carbocycles. The van der Waals surface area contributed by atoms with Crippen molar-refractivity contribution in [2.24, 2.45) is 0 Å². The summed E-state index contributed by atoms with van der Waals surface area (Å²) < 4.78 is 41.4. The minimum Gasteiger partial charge on any atom is -0.255 e. The summed E-state index contributed by atoms with van der Waals surface area (Å²) in [5, 5.41) is 0.477. The fourth-order valence-electron chi connectivity index (χ4n) is 2.60. The first kappa shape index (κ1) is 21.8. The van der Waals surface area contributed by atoms with Crippen LogP contribution in [0, 0.1) is 0 Å². The van der Waals surface area contributed by atoms with Gasteiger partial charge in [0.2, 0.25) is 0 Å². The summed E-state index contributed by atoms with van der Waals surface area (Å²) in [6.07, 6.45) is -3.55. The Labute approximate surface area is 187 Å². The van der Waals surface area contributed by atoms with Crippen LogP contribution in [0.15, 0.2) is 36.5 Å². The molecule has 3 rings (SSSR count). The number of hydrogen-bond acceptors (Lipinski definition) is 1. The van der Waals surface area contributed by atoms with E-state index >= 15 is 0 Å². The fraction of sp³-hybridized carbons (Fsp3) is 0.0556. The molecule has 0 N–H and O–H groups in total. The smallest absolute Gasteiger partial charge is 0.255 e. The normalized spacial score (nSPS) is 11.8. The van der Waals surface area contributed by atoms with Crippen molar-refractivity contribution in [2.45, 2.75) is 6.18 Å². The molecule has 0 amide bonds. The van der Waals surface area contributed by atoms with Gasteiger partial charge in [-0.25, -0.2) is 0 Å². The van der Waals surface area contributed by atoms with Crippen molar-refractivity contribution < 1.29 is 13.2 Å². The molecule has 3 aromatic rings. The zero-order valence-electron chi connectivity index (χ0n) is 13.3. The second kappa shape index (κ2) is 8.10. The molecule has 0 atom stereocenters. The van der Waals surface area contributed by atoms with E-state index in [4.69, 9.17) is 69.6 Å². The van der Waals surface area contributed by atoms with Crippen LogP contribution in [0.4, 0.5) is 13.2 Å². The van der Waals surface area contributed by atoms with Crippen LogP contribution in [0.25, 0.3) is 22.4 Å². The lowest BCUT2D eigenvalue weighted by Crippen LogP contribution is -2.09. The van der Waals surface area contributed by atoms with Crippen molar-refractivity contribution in [3.8, 4) is 22.4 Å². The number of nitrogens with zero attached hydrogens (tertiary/aromatic N) is 1. The summed E-state index contributed by atoms with van der Waals surface area (Å²) in [6.45, 7) is 0. The number of halogens is 9. The van der Waals surface area contributed by atoms with Crippen LogP contribution in [-0.2, 0) is 6.18 Å².